The Kier molecular flexibility index (Phi) is 13.1. The third kappa shape index (κ3) is 8.38. The summed E-state index contributed by atoms with van der Waals surface area (Å²) < 4.78 is 0. The fraction of sp³-hybridized carbons (Fsp3) is 0.143. The van der Waals surface area contributed by atoms with Crippen molar-refractivity contribution in [1.29, 1.82) is 0 Å². The van der Waals surface area contributed by atoms with Gasteiger partial charge in [0.25, 0.3) is 0 Å². The molecule has 0 saturated heterocycles. The van der Waals surface area contributed by atoms with Gasteiger partial charge in [-0.25, -0.2) is 0 Å². The van der Waals surface area contributed by atoms with E-state index in [-0.39, 0.29) is 30.2 Å². The topological polar surface area (TPSA) is 0 Å². The Morgan fingerprint density at radius 1 is 0.590 bits per heavy atom. The fourth-order valence-electron chi connectivity index (χ4n) is 4.76. The van der Waals surface area contributed by atoms with E-state index in [9.17, 15) is 0 Å². The van der Waals surface area contributed by atoms with Gasteiger partial charge in [-0.3, -0.25) is 0 Å². The summed E-state index contributed by atoms with van der Waals surface area (Å²) >= 11 is 1.74. The van der Waals surface area contributed by atoms with Crippen LogP contribution in [0.4, 0.5) is 0 Å². The molecule has 0 bridgehead atoms. The molecule has 0 amide bonds. The van der Waals surface area contributed by atoms with Crippen LogP contribution in [0.15, 0.2) is 115 Å². The number of fused-ring (bicyclic) bond motifs is 2. The van der Waals surface area contributed by atoms with Crippen LogP contribution in [-0.4, -0.2) is 5.43 Å². The quantitative estimate of drug-likeness (QED) is 0.196. The smallest absolute Gasteiger partial charge is 0.0279 e. The van der Waals surface area contributed by atoms with E-state index in [1.54, 1.807) is 23.3 Å². The van der Waals surface area contributed by atoms with E-state index in [0.717, 1.165) is 0 Å². The number of halogens is 2. The van der Waals surface area contributed by atoms with Crippen molar-refractivity contribution in [2.75, 3.05) is 0 Å². The normalized spacial score (nSPS) is 9.92. The molecule has 0 fully saturated rings. The van der Waals surface area contributed by atoms with Crippen molar-refractivity contribution >= 4 is 27.0 Å². The monoisotopic (exact) mass is 642 g/mol. The third-order valence-corrected chi connectivity index (χ3v) is 6.50. The second-order valence-electron chi connectivity index (χ2n) is 9.80. The van der Waals surface area contributed by atoms with Gasteiger partial charge in [-0.2, -0.15) is 11.6 Å². The maximum Gasteiger partial charge on any atom is -0.0279 e. The first kappa shape index (κ1) is 33.0. The van der Waals surface area contributed by atoms with Gasteiger partial charge in [-0.1, -0.05) is 105 Å². The molecule has 0 unspecified atom stereocenters. The largest absolute Gasteiger partial charge is 1.00 e. The number of aryl methyl sites for hydroxylation is 3. The van der Waals surface area contributed by atoms with Gasteiger partial charge in [0.1, 0.15) is 0 Å². The van der Waals surface area contributed by atoms with Gasteiger partial charge in [0.2, 0.25) is 0 Å². The molecular formula is C35H34Cl2SiZr-2. The summed E-state index contributed by atoms with van der Waals surface area (Å²) in [5, 5.41) is 5.43. The molecule has 0 nitrogen and oxygen atoms in total. The Bertz CT molecular complexity index is 1630. The van der Waals surface area contributed by atoms with Gasteiger partial charge in [0.05, 0.1) is 0 Å². The van der Waals surface area contributed by atoms with Crippen LogP contribution in [0.25, 0.3) is 43.8 Å². The molecule has 6 aromatic carbocycles. The van der Waals surface area contributed by atoms with Crippen molar-refractivity contribution in [1.82, 2.24) is 0 Å². The van der Waals surface area contributed by atoms with E-state index in [0.29, 0.717) is 0 Å². The van der Waals surface area contributed by atoms with E-state index in [4.69, 9.17) is 0 Å². The van der Waals surface area contributed by atoms with Gasteiger partial charge in [0, 0.05) is 0 Å². The molecule has 0 atom stereocenters. The number of hydrogen-bond donors (Lipinski definition) is 0. The van der Waals surface area contributed by atoms with E-state index in [1.807, 2.05) is 0 Å². The summed E-state index contributed by atoms with van der Waals surface area (Å²) in [4.78, 5) is 0. The molecule has 0 heterocycles. The first-order chi connectivity index (χ1) is 17.8. The number of hydrogen-bond acceptors (Lipinski definition) is 0. The SMILES string of the molecule is C[Si](C)=[Zr+2].Cc1[cH-]c2cccc(-c3ccccc3)c2c1C.Cc1cc2c(-c3ccccc3)cccc2[cH-]1.[Cl-].[Cl-]. The molecule has 0 saturated carbocycles. The van der Waals surface area contributed by atoms with Crippen LogP contribution >= 0.6 is 0 Å². The third-order valence-electron chi connectivity index (χ3n) is 6.50. The van der Waals surface area contributed by atoms with Crippen LogP contribution in [0.3, 0.4) is 0 Å². The molecule has 0 aliphatic carbocycles. The van der Waals surface area contributed by atoms with Gasteiger partial charge in [0.15, 0.2) is 0 Å². The second kappa shape index (κ2) is 15.5. The maximum absolute atomic E-state index is 2.31. The summed E-state index contributed by atoms with van der Waals surface area (Å²) in [5.74, 6) is 0. The second-order valence-corrected chi connectivity index (χ2v) is 19.2. The number of benzene rings is 4. The zero-order chi connectivity index (χ0) is 26.4. The minimum absolute atomic E-state index is 0. The number of rotatable bonds is 2. The molecule has 0 spiro atoms. The minimum Gasteiger partial charge on any atom is -1.00 e. The van der Waals surface area contributed by atoms with Gasteiger partial charge in [-0.15, -0.1) is 69.1 Å². The molecule has 0 N–H and O–H groups in total. The van der Waals surface area contributed by atoms with Gasteiger partial charge >= 0.3 is 41.9 Å². The van der Waals surface area contributed by atoms with Crippen LogP contribution in [-0.2, 0) is 23.3 Å². The van der Waals surface area contributed by atoms with Crippen molar-refractivity contribution < 1.29 is 48.1 Å². The molecule has 0 radical (unpaired) electrons. The molecular weight excluding hydrogens is 611 g/mol. The van der Waals surface area contributed by atoms with Crippen LogP contribution in [0.5, 0.6) is 0 Å². The molecule has 39 heavy (non-hydrogen) atoms. The Morgan fingerprint density at radius 2 is 1.08 bits per heavy atom. The molecule has 0 aliphatic heterocycles. The van der Waals surface area contributed by atoms with Crippen molar-refractivity contribution in [2.24, 2.45) is 0 Å². The van der Waals surface area contributed by atoms with Gasteiger partial charge < -0.3 is 24.8 Å². The molecule has 0 aliphatic rings. The Morgan fingerprint density at radius 3 is 1.64 bits per heavy atom. The average Bonchev–Trinajstić information content (AvgIpc) is 3.43. The molecule has 198 valence electrons. The summed E-state index contributed by atoms with van der Waals surface area (Å²) in [6.07, 6.45) is 0. The molecule has 6 aromatic rings. The predicted octanol–water partition coefficient (Wildman–Crippen LogP) is 4.17. The summed E-state index contributed by atoms with van der Waals surface area (Å²) in [6, 6.07) is 41.0. The summed E-state index contributed by atoms with van der Waals surface area (Å²) in [7, 11) is 0. The fourth-order valence-corrected chi connectivity index (χ4v) is 4.76. The zero-order valence-corrected chi connectivity index (χ0v) is 28.2. The van der Waals surface area contributed by atoms with Crippen LogP contribution < -0.4 is 24.8 Å². The van der Waals surface area contributed by atoms with E-state index in [1.165, 1.54) is 60.5 Å². The van der Waals surface area contributed by atoms with E-state index >= 15 is 0 Å². The molecule has 0 aromatic heterocycles. The van der Waals surface area contributed by atoms with Crippen molar-refractivity contribution in [3.8, 4) is 22.3 Å². The maximum atomic E-state index is 2.31. The van der Waals surface area contributed by atoms with Crippen molar-refractivity contribution in [3.05, 3.63) is 132 Å². The standard InChI is InChI=1S/C17H15.C16H13.C2H6Si.2ClH.Zr/c1-12-11-15-9-6-10-16(17(15)13(12)2)14-7-4-3-5-8-14;1-12-10-14-8-5-9-15(16(14)11-12)13-6-3-2-4-7-13;1-3-2;;;/h3-11H,1-2H3;2-11H,1H3;1-2H3;2*1H;/q2*-1;;;;+2/p-2. The van der Waals surface area contributed by atoms with Crippen LogP contribution in [0.1, 0.15) is 16.7 Å². The van der Waals surface area contributed by atoms with Crippen molar-refractivity contribution in [3.63, 3.8) is 0 Å². The van der Waals surface area contributed by atoms with Gasteiger partial charge in [-0.05, 0) is 11.1 Å². The van der Waals surface area contributed by atoms with Crippen molar-refractivity contribution in [2.45, 2.75) is 33.9 Å². The molecule has 4 heteroatoms. The first-order valence-corrected chi connectivity index (χ1v) is 19.0. The Hall–Kier alpha value is -2.22. The molecule has 6 rings (SSSR count). The Labute approximate surface area is 261 Å². The van der Waals surface area contributed by atoms with Crippen LogP contribution in [0.2, 0.25) is 13.1 Å². The first-order valence-electron chi connectivity index (χ1n) is 12.8. The van der Waals surface area contributed by atoms with Crippen LogP contribution in [0, 0.1) is 20.8 Å². The predicted molar refractivity (Wildman–Crippen MR) is 162 cm³/mol. The average molecular weight is 645 g/mol. The summed E-state index contributed by atoms with van der Waals surface area (Å²) in [5.41, 5.74) is 9.58. The minimum atomic E-state index is 0. The van der Waals surface area contributed by atoms with E-state index in [2.05, 4.69) is 149 Å². The zero-order valence-electron chi connectivity index (χ0n) is 23.2. The summed E-state index contributed by atoms with van der Waals surface area (Å²) in [6.45, 7) is 11.2. The Balaban J connectivity index is 0.000000231. The van der Waals surface area contributed by atoms with E-state index < -0.39 is 0 Å².